The predicted molar refractivity (Wildman–Crippen MR) is 56.7 cm³/mol. The van der Waals surface area contributed by atoms with Gasteiger partial charge in [0.15, 0.2) is 0 Å². The van der Waals surface area contributed by atoms with Crippen molar-refractivity contribution in [3.05, 3.63) is 34.9 Å². The molecule has 0 aliphatic carbocycles. The second kappa shape index (κ2) is 4.24. The Balaban J connectivity index is 2.85. The fourth-order valence-electron chi connectivity index (χ4n) is 1.33. The molecule has 0 fully saturated rings. The standard InChI is InChI=1S/C11H16N2O/c1-7-3-4-9(5-8(7)2)10(12)6-11(13)14/h3-5,10H,6,12H2,1-2H3,(H2,13,14). The molecule has 0 heterocycles. The van der Waals surface area contributed by atoms with Crippen LogP contribution in [0.5, 0.6) is 0 Å². The van der Waals surface area contributed by atoms with Gasteiger partial charge in [0, 0.05) is 12.5 Å². The Labute approximate surface area is 84.1 Å². The van der Waals surface area contributed by atoms with Crippen LogP contribution >= 0.6 is 0 Å². The number of rotatable bonds is 3. The minimum atomic E-state index is -0.365. The second-order valence-electron chi connectivity index (χ2n) is 3.62. The molecule has 1 unspecified atom stereocenters. The Hall–Kier alpha value is -1.35. The number of primary amides is 1. The first-order valence-electron chi connectivity index (χ1n) is 4.61. The molecule has 0 aliphatic heterocycles. The van der Waals surface area contributed by atoms with Gasteiger partial charge in [-0.05, 0) is 30.5 Å². The zero-order valence-electron chi connectivity index (χ0n) is 8.58. The molecule has 1 amide bonds. The van der Waals surface area contributed by atoms with E-state index in [4.69, 9.17) is 11.5 Å². The first-order valence-corrected chi connectivity index (χ1v) is 4.61. The fraction of sp³-hybridized carbons (Fsp3) is 0.364. The highest BCUT2D eigenvalue weighted by Crippen LogP contribution is 2.17. The van der Waals surface area contributed by atoms with Gasteiger partial charge in [-0.1, -0.05) is 18.2 Å². The summed E-state index contributed by atoms with van der Waals surface area (Å²) in [7, 11) is 0. The van der Waals surface area contributed by atoms with Gasteiger partial charge in [0.25, 0.3) is 0 Å². The quantitative estimate of drug-likeness (QED) is 0.755. The van der Waals surface area contributed by atoms with Crippen LogP contribution in [0.4, 0.5) is 0 Å². The first kappa shape index (κ1) is 10.7. The van der Waals surface area contributed by atoms with Crippen LogP contribution < -0.4 is 11.5 Å². The van der Waals surface area contributed by atoms with Gasteiger partial charge in [-0.25, -0.2) is 0 Å². The summed E-state index contributed by atoms with van der Waals surface area (Å²) in [6, 6.07) is 5.66. The maximum absolute atomic E-state index is 10.7. The Morgan fingerprint density at radius 2 is 2.00 bits per heavy atom. The Morgan fingerprint density at radius 3 is 2.50 bits per heavy atom. The molecule has 1 rings (SSSR count). The lowest BCUT2D eigenvalue weighted by atomic mass is 9.99. The summed E-state index contributed by atoms with van der Waals surface area (Å²) in [6.45, 7) is 4.06. The van der Waals surface area contributed by atoms with Crippen molar-refractivity contribution in [3.8, 4) is 0 Å². The van der Waals surface area contributed by atoms with Crippen LogP contribution in [0.25, 0.3) is 0 Å². The molecule has 14 heavy (non-hydrogen) atoms. The van der Waals surface area contributed by atoms with E-state index < -0.39 is 0 Å². The maximum Gasteiger partial charge on any atom is 0.219 e. The van der Waals surface area contributed by atoms with Gasteiger partial charge in [-0.15, -0.1) is 0 Å². The first-order chi connectivity index (χ1) is 6.50. The van der Waals surface area contributed by atoms with Crippen molar-refractivity contribution in [2.45, 2.75) is 26.3 Å². The highest BCUT2D eigenvalue weighted by atomic mass is 16.1. The van der Waals surface area contributed by atoms with Crippen molar-refractivity contribution < 1.29 is 4.79 Å². The Morgan fingerprint density at radius 1 is 1.36 bits per heavy atom. The number of carbonyl (C=O) groups excluding carboxylic acids is 1. The smallest absolute Gasteiger partial charge is 0.219 e. The average Bonchev–Trinajstić information content (AvgIpc) is 2.08. The average molecular weight is 192 g/mol. The molecule has 0 saturated carbocycles. The van der Waals surface area contributed by atoms with E-state index in [0.717, 1.165) is 5.56 Å². The van der Waals surface area contributed by atoms with Gasteiger partial charge in [0.2, 0.25) is 5.91 Å². The van der Waals surface area contributed by atoms with Crippen LogP contribution in [0.2, 0.25) is 0 Å². The number of benzene rings is 1. The molecule has 0 aromatic heterocycles. The fourth-order valence-corrected chi connectivity index (χ4v) is 1.33. The van der Waals surface area contributed by atoms with Crippen LogP contribution in [0.15, 0.2) is 18.2 Å². The number of nitrogens with two attached hydrogens (primary N) is 2. The van der Waals surface area contributed by atoms with Crippen molar-refractivity contribution in [1.82, 2.24) is 0 Å². The molecule has 0 spiro atoms. The van der Waals surface area contributed by atoms with E-state index >= 15 is 0 Å². The summed E-state index contributed by atoms with van der Waals surface area (Å²) in [5.41, 5.74) is 14.3. The van der Waals surface area contributed by atoms with Crippen LogP contribution in [0.1, 0.15) is 29.2 Å². The molecule has 3 heteroatoms. The summed E-state index contributed by atoms with van der Waals surface area (Å²) >= 11 is 0. The summed E-state index contributed by atoms with van der Waals surface area (Å²) in [5, 5.41) is 0. The van der Waals surface area contributed by atoms with Crippen LogP contribution in [0, 0.1) is 13.8 Å². The predicted octanol–water partition coefficient (Wildman–Crippen LogP) is 1.18. The maximum atomic E-state index is 10.7. The van der Waals surface area contributed by atoms with E-state index in [9.17, 15) is 4.79 Å². The normalized spacial score (nSPS) is 12.5. The number of aryl methyl sites for hydroxylation is 2. The van der Waals surface area contributed by atoms with E-state index in [1.807, 2.05) is 32.0 Å². The van der Waals surface area contributed by atoms with Gasteiger partial charge in [0.05, 0.1) is 0 Å². The largest absolute Gasteiger partial charge is 0.370 e. The molecule has 4 N–H and O–H groups in total. The second-order valence-corrected chi connectivity index (χ2v) is 3.62. The summed E-state index contributed by atoms with van der Waals surface area (Å²) in [5.74, 6) is -0.365. The molecule has 1 aromatic carbocycles. The van der Waals surface area contributed by atoms with Crippen LogP contribution in [-0.4, -0.2) is 5.91 Å². The van der Waals surface area contributed by atoms with Crippen LogP contribution in [-0.2, 0) is 4.79 Å². The molecular formula is C11H16N2O. The van der Waals surface area contributed by atoms with Gasteiger partial charge >= 0.3 is 0 Å². The van der Waals surface area contributed by atoms with Gasteiger partial charge < -0.3 is 11.5 Å². The Bertz CT molecular complexity index is 347. The van der Waals surface area contributed by atoms with E-state index in [-0.39, 0.29) is 18.4 Å². The molecule has 0 radical (unpaired) electrons. The SMILES string of the molecule is Cc1ccc(C(N)CC(N)=O)cc1C. The van der Waals surface area contributed by atoms with Crippen molar-refractivity contribution in [2.75, 3.05) is 0 Å². The Kier molecular flexibility index (Phi) is 3.25. The summed E-state index contributed by atoms with van der Waals surface area (Å²) in [6.07, 6.45) is 0.197. The third kappa shape index (κ3) is 2.57. The molecular weight excluding hydrogens is 176 g/mol. The molecule has 0 saturated heterocycles. The molecule has 3 nitrogen and oxygen atoms in total. The lowest BCUT2D eigenvalue weighted by molar-refractivity contribution is -0.118. The zero-order chi connectivity index (χ0) is 10.7. The van der Waals surface area contributed by atoms with Crippen molar-refractivity contribution >= 4 is 5.91 Å². The van der Waals surface area contributed by atoms with Crippen molar-refractivity contribution in [1.29, 1.82) is 0 Å². The van der Waals surface area contributed by atoms with Gasteiger partial charge in [-0.2, -0.15) is 0 Å². The summed E-state index contributed by atoms with van der Waals surface area (Å²) < 4.78 is 0. The molecule has 76 valence electrons. The topological polar surface area (TPSA) is 69.1 Å². The van der Waals surface area contributed by atoms with E-state index in [2.05, 4.69) is 0 Å². The molecule has 1 aromatic rings. The monoisotopic (exact) mass is 192 g/mol. The number of carbonyl (C=O) groups is 1. The molecule has 1 atom stereocenters. The van der Waals surface area contributed by atoms with Crippen LogP contribution in [0.3, 0.4) is 0 Å². The number of amides is 1. The van der Waals surface area contributed by atoms with E-state index in [1.165, 1.54) is 11.1 Å². The third-order valence-electron chi connectivity index (χ3n) is 2.38. The highest BCUT2D eigenvalue weighted by molar-refractivity contribution is 5.74. The molecule has 0 bridgehead atoms. The highest BCUT2D eigenvalue weighted by Gasteiger charge is 2.09. The minimum absolute atomic E-state index is 0.197. The number of hydrogen-bond donors (Lipinski definition) is 2. The summed E-state index contributed by atoms with van der Waals surface area (Å²) in [4.78, 5) is 10.7. The number of hydrogen-bond acceptors (Lipinski definition) is 2. The molecule has 0 aliphatic rings. The van der Waals surface area contributed by atoms with Crippen molar-refractivity contribution in [3.63, 3.8) is 0 Å². The lowest BCUT2D eigenvalue weighted by Gasteiger charge is -2.11. The van der Waals surface area contributed by atoms with Gasteiger partial charge in [0.1, 0.15) is 0 Å². The van der Waals surface area contributed by atoms with E-state index in [1.54, 1.807) is 0 Å². The van der Waals surface area contributed by atoms with Crippen molar-refractivity contribution in [2.24, 2.45) is 11.5 Å². The van der Waals surface area contributed by atoms with E-state index in [0.29, 0.717) is 0 Å². The lowest BCUT2D eigenvalue weighted by Crippen LogP contribution is -2.20. The third-order valence-corrected chi connectivity index (χ3v) is 2.38. The minimum Gasteiger partial charge on any atom is -0.370 e. The zero-order valence-corrected chi connectivity index (χ0v) is 8.58. The van der Waals surface area contributed by atoms with Gasteiger partial charge in [-0.3, -0.25) is 4.79 Å².